The Labute approximate surface area is 125 Å². The fraction of sp³-hybridized carbons (Fsp3) is 0.438. The fourth-order valence-electron chi connectivity index (χ4n) is 2.23. The van der Waals surface area contributed by atoms with Gasteiger partial charge in [-0.1, -0.05) is 37.3 Å². The van der Waals surface area contributed by atoms with E-state index in [4.69, 9.17) is 5.73 Å². The third-order valence-corrected chi connectivity index (χ3v) is 4.76. The molecule has 0 radical (unpaired) electrons. The minimum Gasteiger partial charge on any atom is -0.327 e. The number of hydrogen-bond acceptors (Lipinski definition) is 3. The van der Waals surface area contributed by atoms with Crippen LogP contribution in [0, 0.1) is 6.92 Å². The van der Waals surface area contributed by atoms with Crippen LogP contribution in [0.4, 0.5) is 0 Å². The Morgan fingerprint density at radius 3 is 2.65 bits per heavy atom. The van der Waals surface area contributed by atoms with Crippen LogP contribution in [0.25, 0.3) is 0 Å². The molecule has 3 nitrogen and oxygen atoms in total. The van der Waals surface area contributed by atoms with E-state index in [1.807, 2.05) is 29.6 Å². The maximum Gasteiger partial charge on any atom is 0.0975 e. The molecular weight excluding hydrogens is 266 g/mol. The molecule has 0 saturated heterocycles. The minimum atomic E-state index is 0.217. The largest absolute Gasteiger partial charge is 0.327 e. The molecule has 1 aromatic carbocycles. The Morgan fingerprint density at radius 2 is 2.00 bits per heavy atom. The van der Waals surface area contributed by atoms with E-state index in [1.54, 1.807) is 0 Å². The minimum absolute atomic E-state index is 0.217. The van der Waals surface area contributed by atoms with Crippen LogP contribution >= 0.6 is 11.8 Å². The highest BCUT2D eigenvalue weighted by molar-refractivity contribution is 7.98. The van der Waals surface area contributed by atoms with E-state index < -0.39 is 0 Å². The summed E-state index contributed by atoms with van der Waals surface area (Å²) in [6.07, 6.45) is 1.91. The highest BCUT2D eigenvalue weighted by Crippen LogP contribution is 2.28. The van der Waals surface area contributed by atoms with Crippen molar-refractivity contribution in [2.45, 2.75) is 43.5 Å². The van der Waals surface area contributed by atoms with Crippen molar-refractivity contribution >= 4 is 11.8 Å². The predicted octanol–water partition coefficient (Wildman–Crippen LogP) is 3.30. The normalized spacial score (nSPS) is 12.6. The molecule has 0 aliphatic carbocycles. The van der Waals surface area contributed by atoms with Gasteiger partial charge in [0.15, 0.2) is 0 Å². The molecular formula is C16H23N3S. The summed E-state index contributed by atoms with van der Waals surface area (Å²) in [5, 5.41) is 5.80. The number of aryl methyl sites for hydroxylation is 2. The fourth-order valence-corrected chi connectivity index (χ4v) is 3.36. The van der Waals surface area contributed by atoms with Gasteiger partial charge in [0.25, 0.3) is 0 Å². The molecule has 1 aromatic heterocycles. The van der Waals surface area contributed by atoms with Crippen LogP contribution in [0.5, 0.6) is 0 Å². The van der Waals surface area contributed by atoms with Crippen molar-refractivity contribution in [3.8, 4) is 0 Å². The van der Waals surface area contributed by atoms with E-state index >= 15 is 0 Å². The molecule has 0 saturated carbocycles. The molecule has 2 N–H and O–H groups in total. The Kier molecular flexibility index (Phi) is 5.26. The van der Waals surface area contributed by atoms with Crippen molar-refractivity contribution < 1.29 is 0 Å². The van der Waals surface area contributed by atoms with Gasteiger partial charge in [0.2, 0.25) is 0 Å². The first-order valence-electron chi connectivity index (χ1n) is 7.06. The Balaban J connectivity index is 2.14. The zero-order valence-electron chi connectivity index (χ0n) is 12.5. The van der Waals surface area contributed by atoms with Crippen molar-refractivity contribution in [2.24, 2.45) is 12.8 Å². The molecule has 0 spiro atoms. The molecule has 0 bridgehead atoms. The number of thioether (sulfide) groups is 1. The van der Waals surface area contributed by atoms with Crippen molar-refractivity contribution in [3.05, 3.63) is 47.2 Å². The lowest BCUT2D eigenvalue weighted by atomic mass is 10.1. The number of hydrogen-bond donors (Lipinski definition) is 1. The molecule has 1 unspecified atom stereocenters. The van der Waals surface area contributed by atoms with Crippen LogP contribution < -0.4 is 5.73 Å². The SMILES string of the molecule is CCC(N)Cc1c(C)nn(C)c1SCc1ccccc1. The van der Waals surface area contributed by atoms with Gasteiger partial charge in [-0.15, -0.1) is 11.8 Å². The topological polar surface area (TPSA) is 43.8 Å². The third-order valence-electron chi connectivity index (χ3n) is 3.50. The Morgan fingerprint density at radius 1 is 1.30 bits per heavy atom. The summed E-state index contributed by atoms with van der Waals surface area (Å²) in [4.78, 5) is 0. The summed E-state index contributed by atoms with van der Waals surface area (Å²) in [7, 11) is 2.02. The molecule has 4 heteroatoms. The van der Waals surface area contributed by atoms with Gasteiger partial charge in [-0.25, -0.2) is 0 Å². The van der Waals surface area contributed by atoms with Gasteiger partial charge in [-0.2, -0.15) is 5.10 Å². The molecule has 0 aliphatic rings. The number of nitrogens with two attached hydrogens (primary N) is 1. The Hall–Kier alpha value is -1.26. The van der Waals surface area contributed by atoms with Crippen LogP contribution in [0.1, 0.15) is 30.2 Å². The molecule has 0 aliphatic heterocycles. The van der Waals surface area contributed by atoms with Gasteiger partial charge in [-0.05, 0) is 25.3 Å². The smallest absolute Gasteiger partial charge is 0.0975 e. The van der Waals surface area contributed by atoms with Gasteiger partial charge >= 0.3 is 0 Å². The quantitative estimate of drug-likeness (QED) is 0.830. The van der Waals surface area contributed by atoms with Crippen LogP contribution in [-0.2, 0) is 19.2 Å². The lowest BCUT2D eigenvalue weighted by Crippen LogP contribution is -2.21. The lowest BCUT2D eigenvalue weighted by Gasteiger charge is -2.11. The second-order valence-electron chi connectivity index (χ2n) is 5.14. The first kappa shape index (κ1) is 15.1. The number of aromatic nitrogens is 2. The standard InChI is InChI=1S/C16H23N3S/c1-4-14(17)10-15-12(2)18-19(3)16(15)20-11-13-8-6-5-7-9-13/h5-9,14H,4,10-11,17H2,1-3H3. The van der Waals surface area contributed by atoms with Gasteiger partial charge < -0.3 is 5.73 Å². The molecule has 2 rings (SSSR count). The van der Waals surface area contributed by atoms with Crippen LogP contribution in [-0.4, -0.2) is 15.8 Å². The zero-order chi connectivity index (χ0) is 14.5. The molecule has 0 amide bonds. The van der Waals surface area contributed by atoms with Crippen molar-refractivity contribution in [1.82, 2.24) is 9.78 Å². The van der Waals surface area contributed by atoms with E-state index in [1.165, 1.54) is 16.2 Å². The van der Waals surface area contributed by atoms with Gasteiger partial charge in [0.1, 0.15) is 0 Å². The monoisotopic (exact) mass is 289 g/mol. The zero-order valence-corrected chi connectivity index (χ0v) is 13.3. The average molecular weight is 289 g/mol. The van der Waals surface area contributed by atoms with E-state index in [-0.39, 0.29) is 6.04 Å². The molecule has 0 fully saturated rings. The number of rotatable bonds is 6. The van der Waals surface area contributed by atoms with Gasteiger partial charge in [0, 0.05) is 24.4 Å². The first-order valence-corrected chi connectivity index (χ1v) is 8.05. The van der Waals surface area contributed by atoms with E-state index in [0.717, 1.165) is 24.3 Å². The van der Waals surface area contributed by atoms with Crippen molar-refractivity contribution in [2.75, 3.05) is 0 Å². The number of nitrogens with zero attached hydrogens (tertiary/aromatic N) is 2. The van der Waals surface area contributed by atoms with Gasteiger partial charge in [-0.3, -0.25) is 4.68 Å². The molecule has 2 aromatic rings. The maximum atomic E-state index is 6.11. The third kappa shape index (κ3) is 3.64. The van der Waals surface area contributed by atoms with Crippen LogP contribution in [0.15, 0.2) is 35.4 Å². The first-order chi connectivity index (χ1) is 9.61. The summed E-state index contributed by atoms with van der Waals surface area (Å²) in [5.74, 6) is 0.966. The maximum absolute atomic E-state index is 6.11. The van der Waals surface area contributed by atoms with Gasteiger partial charge in [0.05, 0.1) is 10.7 Å². The molecule has 1 heterocycles. The summed E-state index contributed by atoms with van der Waals surface area (Å²) >= 11 is 1.84. The lowest BCUT2D eigenvalue weighted by molar-refractivity contribution is 0.631. The predicted molar refractivity (Wildman–Crippen MR) is 85.9 cm³/mol. The molecule has 20 heavy (non-hydrogen) atoms. The van der Waals surface area contributed by atoms with Crippen LogP contribution in [0.3, 0.4) is 0 Å². The molecule has 108 valence electrons. The van der Waals surface area contributed by atoms with E-state index in [9.17, 15) is 0 Å². The summed E-state index contributed by atoms with van der Waals surface area (Å²) in [6.45, 7) is 4.21. The second kappa shape index (κ2) is 6.95. The summed E-state index contributed by atoms with van der Waals surface area (Å²) in [6, 6.07) is 10.8. The molecule has 1 atom stereocenters. The highest BCUT2D eigenvalue weighted by Gasteiger charge is 2.16. The summed E-state index contributed by atoms with van der Waals surface area (Å²) < 4.78 is 1.99. The van der Waals surface area contributed by atoms with Crippen molar-refractivity contribution in [1.29, 1.82) is 0 Å². The highest BCUT2D eigenvalue weighted by atomic mass is 32.2. The van der Waals surface area contributed by atoms with E-state index in [2.05, 4.69) is 43.2 Å². The average Bonchev–Trinajstić information content (AvgIpc) is 2.72. The van der Waals surface area contributed by atoms with E-state index in [0.29, 0.717) is 0 Å². The van der Waals surface area contributed by atoms with Crippen molar-refractivity contribution in [3.63, 3.8) is 0 Å². The summed E-state index contributed by atoms with van der Waals surface area (Å²) in [5.41, 5.74) is 9.86. The van der Waals surface area contributed by atoms with Crippen LogP contribution in [0.2, 0.25) is 0 Å². The Bertz CT molecular complexity index is 548. The number of benzene rings is 1. The second-order valence-corrected chi connectivity index (χ2v) is 6.10.